The van der Waals surface area contributed by atoms with Crippen LogP contribution in [0.1, 0.15) is 50.5 Å². The van der Waals surface area contributed by atoms with Gasteiger partial charge in [0, 0.05) is 12.3 Å². The third kappa shape index (κ3) is 4.18. The summed E-state index contributed by atoms with van der Waals surface area (Å²) in [4.78, 5) is 8.10. The number of aliphatic hydroxyl groups is 1. The largest absolute Gasteiger partial charge is 0.477 e. The van der Waals surface area contributed by atoms with Gasteiger partial charge in [0.2, 0.25) is 5.88 Å². The van der Waals surface area contributed by atoms with E-state index in [4.69, 9.17) is 10.00 Å². The highest BCUT2D eigenvalue weighted by atomic mass is 16.5. The summed E-state index contributed by atoms with van der Waals surface area (Å²) >= 11 is 0. The van der Waals surface area contributed by atoms with Crippen LogP contribution in [0.15, 0.2) is 12.3 Å². The molecule has 0 saturated heterocycles. The zero-order valence-corrected chi connectivity index (χ0v) is 11.0. The third-order valence-electron chi connectivity index (χ3n) is 3.42. The van der Waals surface area contributed by atoms with Gasteiger partial charge in [0.25, 0.3) is 0 Å². The second-order valence-electron chi connectivity index (χ2n) is 4.95. The number of nitrogens with zero attached hydrogens (tertiary/aromatic N) is 3. The fourth-order valence-corrected chi connectivity index (χ4v) is 2.33. The number of aliphatic hydroxyl groups excluding tert-OH is 1. The normalized spacial score (nSPS) is 17.7. The lowest BCUT2D eigenvalue weighted by Crippen LogP contribution is -2.16. The molecule has 0 bridgehead atoms. The van der Waals surface area contributed by atoms with Crippen LogP contribution in [0, 0.1) is 17.2 Å². The molecule has 1 aliphatic carbocycles. The Hall–Kier alpha value is -1.67. The third-order valence-corrected chi connectivity index (χ3v) is 3.42. The Morgan fingerprint density at radius 2 is 2.21 bits per heavy atom. The van der Waals surface area contributed by atoms with E-state index in [1.807, 2.05) is 6.07 Å². The summed E-state index contributed by atoms with van der Waals surface area (Å²) < 4.78 is 5.67. The molecule has 1 saturated carbocycles. The molecule has 1 aromatic heterocycles. The van der Waals surface area contributed by atoms with E-state index < -0.39 is 6.10 Å². The van der Waals surface area contributed by atoms with E-state index in [0.717, 1.165) is 0 Å². The molecule has 1 fully saturated rings. The quantitative estimate of drug-likeness (QED) is 0.880. The van der Waals surface area contributed by atoms with Crippen molar-refractivity contribution in [3.63, 3.8) is 0 Å². The molecule has 0 aromatic carbocycles. The Kier molecular flexibility index (Phi) is 5.10. The second-order valence-corrected chi connectivity index (χ2v) is 4.95. The molecule has 5 nitrogen and oxygen atoms in total. The van der Waals surface area contributed by atoms with E-state index in [9.17, 15) is 5.11 Å². The van der Waals surface area contributed by atoms with Gasteiger partial charge in [0.15, 0.2) is 5.82 Å². The van der Waals surface area contributed by atoms with Gasteiger partial charge in [-0.15, -0.1) is 0 Å². The number of rotatable bonds is 5. The van der Waals surface area contributed by atoms with Gasteiger partial charge in [-0.25, -0.2) is 4.98 Å². The Balaban J connectivity index is 1.89. The van der Waals surface area contributed by atoms with Crippen LogP contribution in [-0.4, -0.2) is 21.7 Å². The molecule has 1 atom stereocenters. The summed E-state index contributed by atoms with van der Waals surface area (Å²) in [5.41, 5.74) is 0. The highest BCUT2D eigenvalue weighted by Crippen LogP contribution is 2.24. The molecule has 1 unspecified atom stereocenters. The predicted octanol–water partition coefficient (Wildman–Crippen LogP) is 2.38. The first kappa shape index (κ1) is 13.8. The molecule has 102 valence electrons. The van der Waals surface area contributed by atoms with Gasteiger partial charge >= 0.3 is 0 Å². The molecule has 0 aliphatic heterocycles. The number of hydrogen-bond acceptors (Lipinski definition) is 5. The molecule has 2 rings (SSSR count). The molecule has 1 aliphatic rings. The van der Waals surface area contributed by atoms with Gasteiger partial charge in [-0.05, 0) is 18.8 Å². The molecule has 1 aromatic rings. The minimum absolute atomic E-state index is 0.00786. The molecule has 19 heavy (non-hydrogen) atoms. The van der Waals surface area contributed by atoms with Crippen LogP contribution in [-0.2, 0) is 0 Å². The van der Waals surface area contributed by atoms with Crippen molar-refractivity contribution in [1.82, 2.24) is 9.97 Å². The molecule has 5 heteroatoms. The predicted molar refractivity (Wildman–Crippen MR) is 69.3 cm³/mol. The van der Waals surface area contributed by atoms with Gasteiger partial charge in [0.1, 0.15) is 6.10 Å². The van der Waals surface area contributed by atoms with Crippen molar-refractivity contribution >= 4 is 0 Å². The van der Waals surface area contributed by atoms with E-state index in [2.05, 4.69) is 9.97 Å². The summed E-state index contributed by atoms with van der Waals surface area (Å²) in [7, 11) is 0. The summed E-state index contributed by atoms with van der Waals surface area (Å²) in [6, 6.07) is 3.58. The minimum Gasteiger partial charge on any atom is -0.477 e. The zero-order valence-electron chi connectivity index (χ0n) is 11.0. The van der Waals surface area contributed by atoms with Gasteiger partial charge in [-0.1, -0.05) is 19.3 Å². The molecule has 0 spiro atoms. The van der Waals surface area contributed by atoms with Crippen molar-refractivity contribution in [3.05, 3.63) is 18.1 Å². The maximum atomic E-state index is 9.66. The SMILES string of the molecule is N#CCC(O)c1nccc(OCC2CCCCC2)n1. The van der Waals surface area contributed by atoms with Gasteiger partial charge in [0.05, 0.1) is 19.1 Å². The van der Waals surface area contributed by atoms with E-state index in [1.54, 1.807) is 12.3 Å². The number of aromatic nitrogens is 2. The Labute approximate surface area is 113 Å². The van der Waals surface area contributed by atoms with Crippen molar-refractivity contribution in [2.75, 3.05) is 6.61 Å². The monoisotopic (exact) mass is 261 g/mol. The average Bonchev–Trinajstić information content (AvgIpc) is 2.47. The second kappa shape index (κ2) is 7.05. The lowest BCUT2D eigenvalue weighted by molar-refractivity contribution is 0.167. The van der Waals surface area contributed by atoms with E-state index >= 15 is 0 Å². The maximum absolute atomic E-state index is 9.66. The first-order valence-corrected chi connectivity index (χ1v) is 6.80. The maximum Gasteiger partial charge on any atom is 0.216 e. The molecular formula is C14H19N3O2. The average molecular weight is 261 g/mol. The highest BCUT2D eigenvalue weighted by molar-refractivity contribution is 5.10. The van der Waals surface area contributed by atoms with Crippen LogP contribution in [0.5, 0.6) is 5.88 Å². The van der Waals surface area contributed by atoms with Gasteiger partial charge in [-0.3, -0.25) is 0 Å². The molecule has 1 N–H and O–H groups in total. The Morgan fingerprint density at radius 1 is 1.42 bits per heavy atom. The molecule has 0 radical (unpaired) electrons. The zero-order chi connectivity index (χ0) is 13.5. The smallest absolute Gasteiger partial charge is 0.216 e. The van der Waals surface area contributed by atoms with Crippen molar-refractivity contribution in [1.29, 1.82) is 5.26 Å². The first-order chi connectivity index (χ1) is 9.29. The summed E-state index contributed by atoms with van der Waals surface area (Å²) in [5, 5.41) is 18.2. The molecule has 1 heterocycles. The number of ether oxygens (including phenoxy) is 1. The van der Waals surface area contributed by atoms with Crippen LogP contribution < -0.4 is 4.74 Å². The minimum atomic E-state index is -0.941. The van der Waals surface area contributed by atoms with Crippen LogP contribution in [0.2, 0.25) is 0 Å². The van der Waals surface area contributed by atoms with Gasteiger partial charge < -0.3 is 9.84 Å². The fraction of sp³-hybridized carbons (Fsp3) is 0.643. The lowest BCUT2D eigenvalue weighted by Gasteiger charge is -2.21. The van der Waals surface area contributed by atoms with Crippen LogP contribution in [0.3, 0.4) is 0 Å². The molecule has 0 amide bonds. The van der Waals surface area contributed by atoms with Crippen LogP contribution in [0.25, 0.3) is 0 Å². The topological polar surface area (TPSA) is 79.0 Å². The number of hydrogen-bond donors (Lipinski definition) is 1. The van der Waals surface area contributed by atoms with Gasteiger partial charge in [-0.2, -0.15) is 10.2 Å². The Morgan fingerprint density at radius 3 is 2.95 bits per heavy atom. The summed E-state index contributed by atoms with van der Waals surface area (Å²) in [6.45, 7) is 0.671. The van der Waals surface area contributed by atoms with Crippen molar-refractivity contribution in [3.8, 4) is 11.9 Å². The van der Waals surface area contributed by atoms with Crippen molar-refractivity contribution < 1.29 is 9.84 Å². The highest BCUT2D eigenvalue weighted by Gasteiger charge is 2.15. The van der Waals surface area contributed by atoms with E-state index in [-0.39, 0.29) is 12.2 Å². The number of nitriles is 1. The van der Waals surface area contributed by atoms with Crippen molar-refractivity contribution in [2.45, 2.75) is 44.6 Å². The lowest BCUT2D eigenvalue weighted by atomic mass is 9.90. The van der Waals surface area contributed by atoms with Crippen LogP contribution in [0.4, 0.5) is 0 Å². The summed E-state index contributed by atoms with van der Waals surface area (Å²) in [5.74, 6) is 1.34. The first-order valence-electron chi connectivity index (χ1n) is 6.80. The Bertz CT molecular complexity index is 439. The fourth-order valence-electron chi connectivity index (χ4n) is 2.33. The molecular weight excluding hydrogens is 242 g/mol. The summed E-state index contributed by atoms with van der Waals surface area (Å²) in [6.07, 6.45) is 6.93. The van der Waals surface area contributed by atoms with E-state index in [1.165, 1.54) is 32.1 Å². The standard InChI is InChI=1S/C14H19N3O2/c15-8-6-12(18)14-16-9-7-13(17-14)19-10-11-4-2-1-3-5-11/h7,9,11-12,18H,1-6,10H2. The van der Waals surface area contributed by atoms with Crippen LogP contribution >= 0.6 is 0 Å². The van der Waals surface area contributed by atoms with E-state index in [0.29, 0.717) is 18.4 Å². The van der Waals surface area contributed by atoms with Crippen molar-refractivity contribution in [2.24, 2.45) is 5.92 Å².